The van der Waals surface area contributed by atoms with Crippen molar-refractivity contribution in [3.63, 3.8) is 0 Å². The number of amides is 1. The predicted molar refractivity (Wildman–Crippen MR) is 115 cm³/mol. The fourth-order valence-corrected chi connectivity index (χ4v) is 4.09. The summed E-state index contributed by atoms with van der Waals surface area (Å²) in [6.07, 6.45) is -0.721. The van der Waals surface area contributed by atoms with E-state index in [-0.39, 0.29) is 18.9 Å². The van der Waals surface area contributed by atoms with Crippen LogP contribution in [0.1, 0.15) is 22.6 Å². The molecule has 158 valence electrons. The van der Waals surface area contributed by atoms with E-state index in [0.717, 1.165) is 32.9 Å². The summed E-state index contributed by atoms with van der Waals surface area (Å²) < 4.78 is 5.56. The fourth-order valence-electron chi connectivity index (χ4n) is 4.09. The number of nitrogens with zero attached hydrogens (tertiary/aromatic N) is 1. The summed E-state index contributed by atoms with van der Waals surface area (Å²) in [7, 11) is 1.27. The van der Waals surface area contributed by atoms with Crippen LogP contribution in [0.5, 0.6) is 0 Å². The van der Waals surface area contributed by atoms with E-state index in [1.54, 1.807) is 0 Å². The van der Waals surface area contributed by atoms with Gasteiger partial charge >= 0.3 is 12.1 Å². The molecule has 0 spiro atoms. The van der Waals surface area contributed by atoms with Gasteiger partial charge in [-0.15, -0.1) is 0 Å². The van der Waals surface area contributed by atoms with Gasteiger partial charge in [0.2, 0.25) is 0 Å². The number of ether oxygens (including phenoxy) is 1. The summed E-state index contributed by atoms with van der Waals surface area (Å²) in [6, 6.07) is 23.9. The Bertz CT molecular complexity index is 1040. The highest BCUT2D eigenvalue weighted by Gasteiger charge is 2.34. The summed E-state index contributed by atoms with van der Waals surface area (Å²) in [5, 5.41) is 10.5. The third-order valence-electron chi connectivity index (χ3n) is 5.55. The molecule has 0 heterocycles. The molecule has 0 saturated heterocycles. The van der Waals surface area contributed by atoms with E-state index in [1.807, 2.05) is 66.7 Å². The van der Waals surface area contributed by atoms with Crippen LogP contribution in [0.15, 0.2) is 78.9 Å². The van der Waals surface area contributed by atoms with Crippen LogP contribution in [0.25, 0.3) is 11.1 Å². The van der Waals surface area contributed by atoms with E-state index in [1.165, 1.54) is 7.11 Å². The van der Waals surface area contributed by atoms with E-state index in [2.05, 4.69) is 12.1 Å². The van der Waals surface area contributed by atoms with Crippen molar-refractivity contribution in [2.24, 2.45) is 0 Å². The first kappa shape index (κ1) is 20.6. The largest absolute Gasteiger partial charge is 0.480 e. The van der Waals surface area contributed by atoms with Crippen LogP contribution in [0, 0.1) is 0 Å². The third-order valence-corrected chi connectivity index (χ3v) is 5.55. The molecule has 3 aromatic rings. The van der Waals surface area contributed by atoms with Gasteiger partial charge in [0.1, 0.15) is 6.61 Å². The lowest BCUT2D eigenvalue weighted by molar-refractivity contribution is -0.171. The second-order valence-electron chi connectivity index (χ2n) is 7.36. The number of carbonyl (C=O) groups excluding carboxylic acids is 1. The molecule has 0 bridgehead atoms. The number of hydrogen-bond donors (Lipinski definition) is 1. The van der Waals surface area contributed by atoms with Gasteiger partial charge in [-0.3, -0.25) is 4.84 Å². The number of benzene rings is 3. The van der Waals surface area contributed by atoms with Crippen LogP contribution in [-0.2, 0) is 20.8 Å². The minimum Gasteiger partial charge on any atom is -0.480 e. The lowest BCUT2D eigenvalue weighted by Crippen LogP contribution is -2.46. The zero-order valence-corrected chi connectivity index (χ0v) is 17.1. The summed E-state index contributed by atoms with van der Waals surface area (Å²) >= 11 is 0. The van der Waals surface area contributed by atoms with Crippen LogP contribution in [-0.4, -0.2) is 42.0 Å². The number of carbonyl (C=O) groups is 2. The van der Waals surface area contributed by atoms with Gasteiger partial charge in [0.25, 0.3) is 0 Å². The Kier molecular flexibility index (Phi) is 6.00. The molecular weight excluding hydrogens is 394 g/mol. The zero-order valence-electron chi connectivity index (χ0n) is 17.1. The van der Waals surface area contributed by atoms with E-state index in [4.69, 9.17) is 9.57 Å². The SMILES string of the molecule is CON(C(=O)OCC1c2ccccc2-c2ccccc21)[C@@H](Cc1ccccc1)C(=O)O. The number of hydrogen-bond acceptors (Lipinski definition) is 4. The Morgan fingerprint density at radius 1 is 0.903 bits per heavy atom. The summed E-state index contributed by atoms with van der Waals surface area (Å²) in [5.41, 5.74) is 5.19. The van der Waals surface area contributed by atoms with Crippen LogP contribution in [0.3, 0.4) is 0 Å². The summed E-state index contributed by atoms with van der Waals surface area (Å²) in [5.74, 6) is -1.29. The maximum absolute atomic E-state index is 12.8. The average molecular weight is 417 g/mol. The molecular formula is C25H23NO5. The van der Waals surface area contributed by atoms with Crippen molar-refractivity contribution < 1.29 is 24.3 Å². The van der Waals surface area contributed by atoms with E-state index >= 15 is 0 Å². The molecule has 1 aliphatic rings. The van der Waals surface area contributed by atoms with Gasteiger partial charge in [0.15, 0.2) is 6.04 Å². The number of fused-ring (bicyclic) bond motifs is 3. The quantitative estimate of drug-likeness (QED) is 0.573. The Hall–Kier alpha value is -3.64. The monoisotopic (exact) mass is 417 g/mol. The highest BCUT2D eigenvalue weighted by molar-refractivity contribution is 5.81. The van der Waals surface area contributed by atoms with Gasteiger partial charge in [-0.1, -0.05) is 78.9 Å². The van der Waals surface area contributed by atoms with Crippen molar-refractivity contribution in [3.05, 3.63) is 95.6 Å². The van der Waals surface area contributed by atoms with E-state index in [0.29, 0.717) is 0 Å². The van der Waals surface area contributed by atoms with E-state index < -0.39 is 18.1 Å². The Labute approximate surface area is 180 Å². The molecule has 1 amide bonds. The molecule has 1 N–H and O–H groups in total. The second kappa shape index (κ2) is 9.02. The van der Waals surface area contributed by atoms with E-state index in [9.17, 15) is 14.7 Å². The Morgan fingerprint density at radius 2 is 1.45 bits per heavy atom. The zero-order chi connectivity index (χ0) is 21.8. The number of rotatable bonds is 7. The van der Waals surface area contributed by atoms with Crippen LogP contribution in [0.4, 0.5) is 4.79 Å². The molecule has 1 aliphatic carbocycles. The van der Waals surface area contributed by atoms with Crippen molar-refractivity contribution in [2.45, 2.75) is 18.4 Å². The maximum atomic E-state index is 12.8. The van der Waals surface area contributed by atoms with Gasteiger partial charge in [-0.25, -0.2) is 9.59 Å². The molecule has 0 aromatic heterocycles. The lowest BCUT2D eigenvalue weighted by Gasteiger charge is -2.26. The minimum atomic E-state index is -1.21. The minimum absolute atomic E-state index is 0.0877. The Morgan fingerprint density at radius 3 is 2.00 bits per heavy atom. The van der Waals surface area contributed by atoms with Crippen molar-refractivity contribution in [3.8, 4) is 11.1 Å². The molecule has 6 heteroatoms. The Balaban J connectivity index is 1.51. The number of carboxylic acid groups (broad SMARTS) is 1. The molecule has 0 unspecified atom stereocenters. The smallest absolute Gasteiger partial charge is 0.434 e. The maximum Gasteiger partial charge on any atom is 0.434 e. The topological polar surface area (TPSA) is 76.1 Å². The summed E-state index contributed by atoms with van der Waals surface area (Å²) in [4.78, 5) is 29.8. The van der Waals surface area contributed by atoms with Crippen LogP contribution < -0.4 is 0 Å². The number of aliphatic carboxylic acids is 1. The van der Waals surface area contributed by atoms with Gasteiger partial charge < -0.3 is 9.84 Å². The van der Waals surface area contributed by atoms with Crippen LogP contribution in [0.2, 0.25) is 0 Å². The van der Waals surface area contributed by atoms with Gasteiger partial charge in [0.05, 0.1) is 7.11 Å². The molecule has 31 heavy (non-hydrogen) atoms. The van der Waals surface area contributed by atoms with Crippen molar-refractivity contribution in [1.29, 1.82) is 0 Å². The van der Waals surface area contributed by atoms with Gasteiger partial charge in [-0.05, 0) is 27.8 Å². The molecule has 0 radical (unpaired) electrons. The summed E-state index contributed by atoms with van der Waals surface area (Å²) in [6.45, 7) is 0.0877. The molecule has 0 aliphatic heterocycles. The van der Waals surface area contributed by atoms with Crippen LogP contribution >= 0.6 is 0 Å². The van der Waals surface area contributed by atoms with Gasteiger partial charge in [0, 0.05) is 12.3 Å². The molecule has 6 nitrogen and oxygen atoms in total. The lowest BCUT2D eigenvalue weighted by atomic mass is 9.98. The van der Waals surface area contributed by atoms with Crippen molar-refractivity contribution in [1.82, 2.24) is 5.06 Å². The molecule has 3 aromatic carbocycles. The number of hydroxylamine groups is 2. The number of carboxylic acids is 1. The molecule has 0 fully saturated rings. The normalized spacial score (nSPS) is 13.2. The highest BCUT2D eigenvalue weighted by Crippen LogP contribution is 2.44. The van der Waals surface area contributed by atoms with Crippen molar-refractivity contribution >= 4 is 12.1 Å². The first-order chi connectivity index (χ1) is 15.1. The standard InChI is InChI=1S/C25H23NO5/c1-30-26(23(24(27)28)15-17-9-3-2-4-10-17)25(29)31-16-22-20-13-7-5-11-18(20)19-12-6-8-14-21(19)22/h2-14,22-23H,15-16H2,1H3,(H,27,28)/t23-/m0/s1. The highest BCUT2D eigenvalue weighted by atomic mass is 16.7. The molecule has 1 atom stereocenters. The fraction of sp³-hybridized carbons (Fsp3) is 0.200. The average Bonchev–Trinajstić information content (AvgIpc) is 3.12. The second-order valence-corrected chi connectivity index (χ2v) is 7.36. The third kappa shape index (κ3) is 4.15. The molecule has 4 rings (SSSR count). The first-order valence-corrected chi connectivity index (χ1v) is 10.0. The molecule has 0 saturated carbocycles. The predicted octanol–water partition coefficient (Wildman–Crippen LogP) is 4.49. The van der Waals surface area contributed by atoms with Crippen molar-refractivity contribution in [2.75, 3.05) is 13.7 Å². The first-order valence-electron chi connectivity index (χ1n) is 10.0. The van der Waals surface area contributed by atoms with Gasteiger partial charge in [-0.2, -0.15) is 5.06 Å².